The summed E-state index contributed by atoms with van der Waals surface area (Å²) >= 11 is 1.67. The van der Waals surface area contributed by atoms with Crippen LogP contribution in [0, 0.1) is 0 Å². The Labute approximate surface area is 191 Å². The first-order valence-corrected chi connectivity index (χ1v) is 11.6. The van der Waals surface area contributed by atoms with Gasteiger partial charge < -0.3 is 18.9 Å². The molecule has 1 amide bonds. The molecule has 1 aliphatic heterocycles. The van der Waals surface area contributed by atoms with Gasteiger partial charge in [0.2, 0.25) is 5.91 Å². The van der Waals surface area contributed by atoms with Crippen molar-refractivity contribution in [2.75, 3.05) is 40.4 Å². The minimum absolute atomic E-state index is 0.0376. The Morgan fingerprint density at radius 2 is 1.78 bits per heavy atom. The molecule has 2 aromatic heterocycles. The number of thiophene rings is 1. The number of aryl methyl sites for hydroxylation is 1. The molecule has 0 N–H and O–H groups in total. The van der Waals surface area contributed by atoms with Crippen LogP contribution in [0.5, 0.6) is 11.5 Å². The van der Waals surface area contributed by atoms with E-state index < -0.39 is 0 Å². The average Bonchev–Trinajstić information content (AvgIpc) is 3.23. The van der Waals surface area contributed by atoms with E-state index in [0.717, 1.165) is 58.8 Å². The van der Waals surface area contributed by atoms with E-state index in [-0.39, 0.29) is 11.5 Å². The van der Waals surface area contributed by atoms with Gasteiger partial charge in [-0.2, -0.15) is 0 Å². The molecule has 0 saturated carbocycles. The molecule has 3 heterocycles. The Morgan fingerprint density at radius 1 is 1.06 bits per heavy atom. The number of piperazine rings is 1. The smallest absolute Gasteiger partial charge is 0.259 e. The van der Waals surface area contributed by atoms with Gasteiger partial charge in [0, 0.05) is 67.5 Å². The molecule has 1 aromatic carbocycles. The number of carbonyl (C=O) groups is 1. The minimum Gasteiger partial charge on any atom is -0.493 e. The Bertz CT molecular complexity index is 1190. The molecule has 0 unspecified atom stereocenters. The van der Waals surface area contributed by atoms with Gasteiger partial charge in [0.15, 0.2) is 11.5 Å². The lowest BCUT2D eigenvalue weighted by Crippen LogP contribution is -2.47. The summed E-state index contributed by atoms with van der Waals surface area (Å²) in [5, 5.41) is 0.751. The number of rotatable bonds is 6. The number of carbonyl (C=O) groups excluding carboxylic acids is 1. The predicted octanol–water partition coefficient (Wildman–Crippen LogP) is 3.43. The summed E-state index contributed by atoms with van der Waals surface area (Å²) < 4.78 is 13.6. The summed E-state index contributed by atoms with van der Waals surface area (Å²) in [6.45, 7) is 8.17. The highest BCUT2D eigenvalue weighted by molar-refractivity contribution is 7.19. The molecule has 4 rings (SSSR count). The zero-order valence-corrected chi connectivity index (χ0v) is 19.8. The predicted molar refractivity (Wildman–Crippen MR) is 128 cm³/mol. The summed E-state index contributed by atoms with van der Waals surface area (Å²) in [6, 6.07) is 7.89. The van der Waals surface area contributed by atoms with E-state index in [2.05, 4.69) is 4.90 Å². The maximum atomic E-state index is 13.1. The Kier molecular flexibility index (Phi) is 6.53. The third kappa shape index (κ3) is 4.25. The number of benzene rings is 1. The van der Waals surface area contributed by atoms with Gasteiger partial charge in [-0.1, -0.05) is 6.07 Å². The van der Waals surface area contributed by atoms with Gasteiger partial charge in [-0.05, 0) is 30.7 Å². The van der Waals surface area contributed by atoms with Crippen molar-refractivity contribution in [1.29, 1.82) is 0 Å². The number of amides is 1. The van der Waals surface area contributed by atoms with Crippen molar-refractivity contribution in [2.24, 2.45) is 0 Å². The minimum atomic E-state index is 0.0376. The molecule has 3 aromatic rings. The van der Waals surface area contributed by atoms with Crippen LogP contribution in [0.1, 0.15) is 18.7 Å². The van der Waals surface area contributed by atoms with Crippen molar-refractivity contribution >= 4 is 27.3 Å². The second kappa shape index (κ2) is 9.34. The topological polar surface area (TPSA) is 64.0 Å². The van der Waals surface area contributed by atoms with Crippen LogP contribution >= 0.6 is 11.3 Å². The fourth-order valence-electron chi connectivity index (χ4n) is 4.19. The van der Waals surface area contributed by atoms with Crippen LogP contribution in [-0.2, 0) is 17.9 Å². The number of fused-ring (bicyclic) bond motifs is 1. The van der Waals surface area contributed by atoms with E-state index in [0.29, 0.717) is 18.0 Å². The Morgan fingerprint density at radius 3 is 2.41 bits per heavy atom. The molecule has 0 spiro atoms. The number of hydrogen-bond acceptors (Lipinski definition) is 6. The summed E-state index contributed by atoms with van der Waals surface area (Å²) in [7, 11) is 3.24. The number of aromatic nitrogens is 1. The molecule has 7 nitrogen and oxygen atoms in total. The number of ether oxygens (including phenoxy) is 2. The third-order valence-corrected chi connectivity index (χ3v) is 7.19. The fourth-order valence-corrected chi connectivity index (χ4v) is 5.42. The first-order valence-electron chi connectivity index (χ1n) is 10.8. The molecule has 1 saturated heterocycles. The maximum Gasteiger partial charge on any atom is 0.259 e. The van der Waals surface area contributed by atoms with Crippen LogP contribution in [0.4, 0.5) is 0 Å². The first kappa shape index (κ1) is 22.4. The van der Waals surface area contributed by atoms with Crippen LogP contribution in [-0.4, -0.2) is 60.7 Å². The second-order valence-corrected chi connectivity index (χ2v) is 9.08. The summed E-state index contributed by atoms with van der Waals surface area (Å²) in [5.41, 5.74) is 2.04. The molecule has 0 atom stereocenters. The zero-order valence-electron chi connectivity index (χ0n) is 19.0. The molecule has 0 aliphatic carbocycles. The SMILES string of the molecule is CCn1cc(-c2ccc(OC)c(OC)c2)c2sc(CN3CCN(C(C)=O)CC3)cc2c1=O. The molecule has 1 fully saturated rings. The van der Waals surface area contributed by atoms with Crippen LogP contribution in [0.25, 0.3) is 21.2 Å². The normalized spacial score (nSPS) is 14.7. The van der Waals surface area contributed by atoms with Crippen LogP contribution in [0.2, 0.25) is 0 Å². The largest absolute Gasteiger partial charge is 0.493 e. The third-order valence-electron chi connectivity index (χ3n) is 6.04. The number of methoxy groups -OCH3 is 2. The van der Waals surface area contributed by atoms with Crippen LogP contribution < -0.4 is 15.0 Å². The fraction of sp³-hybridized carbons (Fsp3) is 0.417. The lowest BCUT2D eigenvalue weighted by atomic mass is 10.1. The molecule has 0 bridgehead atoms. The highest BCUT2D eigenvalue weighted by Crippen LogP contribution is 2.37. The van der Waals surface area contributed by atoms with E-state index in [4.69, 9.17) is 9.47 Å². The van der Waals surface area contributed by atoms with E-state index in [1.165, 1.54) is 0 Å². The number of hydrogen-bond donors (Lipinski definition) is 0. The van der Waals surface area contributed by atoms with Crippen molar-refractivity contribution in [3.8, 4) is 22.6 Å². The van der Waals surface area contributed by atoms with Crippen molar-refractivity contribution in [3.63, 3.8) is 0 Å². The Hall–Kier alpha value is -2.84. The lowest BCUT2D eigenvalue weighted by molar-refractivity contribution is -0.130. The molecule has 0 radical (unpaired) electrons. The second-order valence-electron chi connectivity index (χ2n) is 7.94. The number of nitrogens with zero attached hydrogens (tertiary/aromatic N) is 3. The van der Waals surface area contributed by atoms with E-state index in [1.807, 2.05) is 42.3 Å². The van der Waals surface area contributed by atoms with E-state index >= 15 is 0 Å². The molecular formula is C24H29N3O4S. The van der Waals surface area contributed by atoms with Gasteiger partial charge in [0.1, 0.15) is 0 Å². The standard InChI is InChI=1S/C24H29N3O4S/c1-5-26-15-20(17-6-7-21(30-3)22(12-17)31-4)23-19(24(26)29)13-18(32-23)14-25-8-10-27(11-9-25)16(2)28/h6-7,12-13,15H,5,8-11,14H2,1-4H3. The van der Waals surface area contributed by atoms with Gasteiger partial charge >= 0.3 is 0 Å². The van der Waals surface area contributed by atoms with Crippen molar-refractivity contribution in [2.45, 2.75) is 26.9 Å². The molecular weight excluding hydrogens is 426 g/mol. The molecule has 32 heavy (non-hydrogen) atoms. The number of pyridine rings is 1. The van der Waals surface area contributed by atoms with Crippen molar-refractivity contribution in [3.05, 3.63) is 45.7 Å². The molecule has 8 heteroatoms. The average molecular weight is 456 g/mol. The van der Waals surface area contributed by atoms with Gasteiger partial charge in [-0.3, -0.25) is 14.5 Å². The summed E-state index contributed by atoms with van der Waals surface area (Å²) in [6.07, 6.45) is 1.94. The van der Waals surface area contributed by atoms with E-state index in [1.54, 1.807) is 37.0 Å². The Balaban J connectivity index is 1.71. The first-order chi connectivity index (χ1) is 15.4. The summed E-state index contributed by atoms with van der Waals surface area (Å²) in [5.74, 6) is 1.46. The zero-order chi connectivity index (χ0) is 22.8. The molecule has 170 valence electrons. The molecule has 1 aliphatic rings. The van der Waals surface area contributed by atoms with Crippen LogP contribution in [0.3, 0.4) is 0 Å². The van der Waals surface area contributed by atoms with E-state index in [9.17, 15) is 9.59 Å². The van der Waals surface area contributed by atoms with Gasteiger partial charge in [-0.25, -0.2) is 0 Å². The summed E-state index contributed by atoms with van der Waals surface area (Å²) in [4.78, 5) is 30.0. The lowest BCUT2D eigenvalue weighted by Gasteiger charge is -2.33. The van der Waals surface area contributed by atoms with Crippen LogP contribution in [0.15, 0.2) is 35.3 Å². The van der Waals surface area contributed by atoms with Crippen molar-refractivity contribution < 1.29 is 14.3 Å². The van der Waals surface area contributed by atoms with Crippen molar-refractivity contribution in [1.82, 2.24) is 14.4 Å². The van der Waals surface area contributed by atoms with Gasteiger partial charge in [0.25, 0.3) is 5.56 Å². The highest BCUT2D eigenvalue weighted by Gasteiger charge is 2.21. The quantitative estimate of drug-likeness (QED) is 0.570. The van der Waals surface area contributed by atoms with Gasteiger partial charge in [0.05, 0.1) is 19.6 Å². The monoisotopic (exact) mass is 455 g/mol. The highest BCUT2D eigenvalue weighted by atomic mass is 32.1. The maximum absolute atomic E-state index is 13.1. The van der Waals surface area contributed by atoms with Gasteiger partial charge in [-0.15, -0.1) is 11.3 Å².